The molecule has 0 saturated carbocycles. The molecule has 16 heavy (non-hydrogen) atoms. The number of halogens is 1. The number of ether oxygens (including phenoxy) is 1. The maximum Gasteiger partial charge on any atom is 0.311 e. The molecule has 2 unspecified atom stereocenters. The third-order valence-corrected chi connectivity index (χ3v) is 3.42. The van der Waals surface area contributed by atoms with Crippen LogP contribution in [0.3, 0.4) is 0 Å². The predicted octanol–water partition coefficient (Wildman–Crippen LogP) is 2.11. The van der Waals surface area contributed by atoms with Crippen LogP contribution in [-0.2, 0) is 16.0 Å². The van der Waals surface area contributed by atoms with E-state index in [1.54, 1.807) is 18.2 Å². The Morgan fingerprint density at radius 3 is 3.00 bits per heavy atom. The van der Waals surface area contributed by atoms with Crippen LogP contribution >= 0.6 is 11.6 Å². The molecule has 0 bridgehead atoms. The predicted molar refractivity (Wildman–Crippen MR) is 60.2 cm³/mol. The third-order valence-electron chi connectivity index (χ3n) is 3.06. The minimum absolute atomic E-state index is 0.363. The Bertz CT molecular complexity index is 417. The lowest BCUT2D eigenvalue weighted by Gasteiger charge is -2.28. The van der Waals surface area contributed by atoms with Crippen molar-refractivity contribution in [2.75, 3.05) is 7.11 Å². The van der Waals surface area contributed by atoms with Gasteiger partial charge in [-0.2, -0.15) is 0 Å². The van der Waals surface area contributed by atoms with Gasteiger partial charge in [0.15, 0.2) is 0 Å². The highest BCUT2D eigenvalue weighted by molar-refractivity contribution is 6.31. The van der Waals surface area contributed by atoms with Gasteiger partial charge in [0.05, 0.1) is 19.1 Å². The maximum atomic E-state index is 11.5. The van der Waals surface area contributed by atoms with E-state index in [4.69, 9.17) is 11.6 Å². The summed E-state index contributed by atoms with van der Waals surface area (Å²) in [5.74, 6) is -0.839. The molecule has 4 heteroatoms. The second-order valence-electron chi connectivity index (χ2n) is 3.92. The van der Waals surface area contributed by atoms with Crippen molar-refractivity contribution in [3.8, 4) is 0 Å². The van der Waals surface area contributed by atoms with Gasteiger partial charge in [-0.25, -0.2) is 0 Å². The van der Waals surface area contributed by atoms with Crippen LogP contribution in [0.25, 0.3) is 0 Å². The van der Waals surface area contributed by atoms with E-state index in [0.29, 0.717) is 17.9 Å². The average molecular weight is 241 g/mol. The van der Waals surface area contributed by atoms with Crippen molar-refractivity contribution in [1.82, 2.24) is 0 Å². The Morgan fingerprint density at radius 2 is 2.31 bits per heavy atom. The zero-order chi connectivity index (χ0) is 11.7. The average Bonchev–Trinajstić information content (AvgIpc) is 2.30. The molecule has 0 fully saturated rings. The molecule has 1 aromatic carbocycles. The quantitative estimate of drug-likeness (QED) is 0.765. The van der Waals surface area contributed by atoms with Crippen molar-refractivity contribution in [3.05, 3.63) is 34.3 Å². The number of methoxy groups -OCH3 is 1. The third kappa shape index (κ3) is 1.81. The standard InChI is InChI=1S/C12H13ClO3/c1-16-12(15)9-6-5-7-8(11(9)14)3-2-4-10(7)13/h2-4,9,11,14H,5-6H2,1H3. The normalized spacial score (nSPS) is 23.7. The lowest BCUT2D eigenvalue weighted by molar-refractivity contribution is -0.150. The first-order chi connectivity index (χ1) is 7.65. The van der Waals surface area contributed by atoms with Crippen molar-refractivity contribution in [2.45, 2.75) is 18.9 Å². The minimum Gasteiger partial charge on any atom is -0.469 e. The van der Waals surface area contributed by atoms with Crippen LogP contribution in [-0.4, -0.2) is 18.2 Å². The number of carbonyl (C=O) groups is 1. The molecule has 3 nitrogen and oxygen atoms in total. The van der Waals surface area contributed by atoms with Crippen LogP contribution in [0.2, 0.25) is 5.02 Å². The Labute approximate surface area is 99.0 Å². The summed E-state index contributed by atoms with van der Waals surface area (Å²) in [6.07, 6.45) is 0.464. The fourth-order valence-electron chi connectivity index (χ4n) is 2.19. The van der Waals surface area contributed by atoms with Crippen molar-refractivity contribution < 1.29 is 14.6 Å². The first-order valence-electron chi connectivity index (χ1n) is 5.18. The molecule has 1 N–H and O–H groups in total. The fourth-order valence-corrected chi connectivity index (χ4v) is 2.47. The number of aliphatic hydroxyl groups excluding tert-OH is 1. The van der Waals surface area contributed by atoms with E-state index in [1.165, 1.54) is 7.11 Å². The van der Waals surface area contributed by atoms with Crippen molar-refractivity contribution in [1.29, 1.82) is 0 Å². The molecule has 0 radical (unpaired) electrons. The summed E-state index contributed by atoms with van der Waals surface area (Å²) in [4.78, 5) is 11.5. The van der Waals surface area contributed by atoms with Crippen LogP contribution in [0, 0.1) is 5.92 Å². The van der Waals surface area contributed by atoms with E-state index in [2.05, 4.69) is 4.74 Å². The molecule has 1 aliphatic rings. The molecule has 2 atom stereocenters. The molecule has 0 amide bonds. The van der Waals surface area contributed by atoms with Crippen LogP contribution < -0.4 is 0 Å². The van der Waals surface area contributed by atoms with Crippen LogP contribution in [0.5, 0.6) is 0 Å². The van der Waals surface area contributed by atoms with E-state index in [0.717, 1.165) is 11.1 Å². The van der Waals surface area contributed by atoms with Crippen LogP contribution in [0.1, 0.15) is 23.7 Å². The molecule has 86 valence electrons. The summed E-state index contributed by atoms with van der Waals surface area (Å²) in [6, 6.07) is 5.39. The van der Waals surface area contributed by atoms with E-state index in [1.807, 2.05) is 0 Å². The van der Waals surface area contributed by atoms with Crippen molar-refractivity contribution in [3.63, 3.8) is 0 Å². The van der Waals surface area contributed by atoms with Crippen molar-refractivity contribution in [2.24, 2.45) is 5.92 Å². The number of carbonyl (C=O) groups excluding carboxylic acids is 1. The number of rotatable bonds is 1. The van der Waals surface area contributed by atoms with Crippen molar-refractivity contribution >= 4 is 17.6 Å². The molecular formula is C12H13ClO3. The van der Waals surface area contributed by atoms with E-state index >= 15 is 0 Å². The van der Waals surface area contributed by atoms with E-state index in [9.17, 15) is 9.90 Å². The Morgan fingerprint density at radius 1 is 1.56 bits per heavy atom. The number of hydrogen-bond donors (Lipinski definition) is 1. The molecule has 1 aliphatic carbocycles. The van der Waals surface area contributed by atoms with Crippen LogP contribution in [0.15, 0.2) is 18.2 Å². The van der Waals surface area contributed by atoms with Gasteiger partial charge in [0, 0.05) is 5.02 Å². The zero-order valence-corrected chi connectivity index (χ0v) is 9.70. The van der Waals surface area contributed by atoms with Gasteiger partial charge < -0.3 is 9.84 Å². The second-order valence-corrected chi connectivity index (χ2v) is 4.33. The molecule has 0 aromatic heterocycles. The molecule has 2 rings (SSSR count). The number of fused-ring (bicyclic) bond motifs is 1. The van der Waals surface area contributed by atoms with Gasteiger partial charge in [0.2, 0.25) is 0 Å². The largest absolute Gasteiger partial charge is 0.469 e. The SMILES string of the molecule is COC(=O)C1CCc2c(Cl)cccc2C1O. The summed E-state index contributed by atoms with van der Waals surface area (Å²) >= 11 is 6.04. The Kier molecular flexibility index (Phi) is 3.17. The topological polar surface area (TPSA) is 46.5 Å². The summed E-state index contributed by atoms with van der Waals surface area (Å²) in [7, 11) is 1.34. The van der Waals surface area contributed by atoms with Gasteiger partial charge in [-0.15, -0.1) is 0 Å². The molecular weight excluding hydrogens is 228 g/mol. The summed E-state index contributed by atoms with van der Waals surface area (Å²) in [6.45, 7) is 0. The Hall–Kier alpha value is -1.06. The highest BCUT2D eigenvalue weighted by atomic mass is 35.5. The van der Waals surface area contributed by atoms with Gasteiger partial charge >= 0.3 is 5.97 Å². The highest BCUT2D eigenvalue weighted by Gasteiger charge is 2.34. The fraction of sp³-hybridized carbons (Fsp3) is 0.417. The van der Waals surface area contributed by atoms with Gasteiger partial charge in [0.1, 0.15) is 0 Å². The maximum absolute atomic E-state index is 11.5. The van der Waals surface area contributed by atoms with Gasteiger partial charge in [-0.05, 0) is 30.0 Å². The molecule has 0 spiro atoms. The van der Waals surface area contributed by atoms with E-state index in [-0.39, 0.29) is 5.97 Å². The smallest absolute Gasteiger partial charge is 0.311 e. The highest BCUT2D eigenvalue weighted by Crippen LogP contribution is 2.37. The lowest BCUT2D eigenvalue weighted by atomic mass is 9.81. The summed E-state index contributed by atoms with van der Waals surface area (Å²) in [5, 5.41) is 10.7. The van der Waals surface area contributed by atoms with Gasteiger partial charge in [-0.3, -0.25) is 4.79 Å². The minimum atomic E-state index is -0.810. The number of hydrogen-bond acceptors (Lipinski definition) is 3. The Balaban J connectivity index is 2.36. The van der Waals surface area contributed by atoms with E-state index < -0.39 is 12.0 Å². The number of aliphatic hydroxyl groups is 1. The van der Waals surface area contributed by atoms with Crippen LogP contribution in [0.4, 0.5) is 0 Å². The van der Waals surface area contributed by atoms with Gasteiger partial charge in [0.25, 0.3) is 0 Å². The lowest BCUT2D eigenvalue weighted by Crippen LogP contribution is -2.28. The van der Waals surface area contributed by atoms with Gasteiger partial charge in [-0.1, -0.05) is 23.7 Å². The second kappa shape index (κ2) is 4.44. The first-order valence-corrected chi connectivity index (χ1v) is 5.56. The molecule has 0 saturated heterocycles. The molecule has 1 aromatic rings. The molecule has 0 aliphatic heterocycles. The molecule has 0 heterocycles. The summed E-state index contributed by atoms with van der Waals surface area (Å²) < 4.78 is 4.67. The number of esters is 1. The number of benzene rings is 1. The zero-order valence-electron chi connectivity index (χ0n) is 8.94. The first kappa shape index (κ1) is 11.4. The summed E-state index contributed by atoms with van der Waals surface area (Å²) in [5.41, 5.74) is 1.69. The monoisotopic (exact) mass is 240 g/mol.